The highest BCUT2D eigenvalue weighted by Gasteiger charge is 2.31. The third-order valence-electron chi connectivity index (χ3n) is 3.77. The van der Waals surface area contributed by atoms with Gasteiger partial charge >= 0.3 is 0 Å². The summed E-state index contributed by atoms with van der Waals surface area (Å²) in [5, 5.41) is 3.55. The van der Waals surface area contributed by atoms with Gasteiger partial charge in [-0.15, -0.1) is 0 Å². The van der Waals surface area contributed by atoms with Crippen molar-refractivity contribution in [3.63, 3.8) is 0 Å². The van der Waals surface area contributed by atoms with Crippen molar-refractivity contribution in [2.24, 2.45) is 5.92 Å². The third-order valence-corrected chi connectivity index (χ3v) is 3.77. The zero-order chi connectivity index (χ0) is 14.7. The van der Waals surface area contributed by atoms with Crippen molar-refractivity contribution in [2.45, 2.75) is 25.8 Å². The average Bonchev–Trinajstić information content (AvgIpc) is 3.24. The minimum absolute atomic E-state index is 0.0303. The van der Waals surface area contributed by atoms with Gasteiger partial charge in [0.25, 0.3) is 5.91 Å². The van der Waals surface area contributed by atoms with Crippen LogP contribution in [-0.2, 0) is 4.74 Å². The second-order valence-electron chi connectivity index (χ2n) is 5.77. The van der Waals surface area contributed by atoms with Crippen LogP contribution in [0.5, 0.6) is 0 Å². The number of aryl methyl sites for hydroxylation is 1. The fraction of sp³-hybridized carbons (Fsp3) is 0.562. The Morgan fingerprint density at radius 1 is 1.45 bits per heavy atom. The largest absolute Gasteiger partial charge is 0.383 e. The van der Waals surface area contributed by atoms with E-state index in [0.717, 1.165) is 16.8 Å². The summed E-state index contributed by atoms with van der Waals surface area (Å²) in [6.45, 7) is 2.76. The quantitative estimate of drug-likeness (QED) is 0.868. The molecule has 1 amide bonds. The maximum atomic E-state index is 12.0. The van der Waals surface area contributed by atoms with Gasteiger partial charge in [0.15, 0.2) is 0 Å². The number of benzene rings is 1. The molecule has 2 rings (SSSR count). The van der Waals surface area contributed by atoms with Crippen LogP contribution in [0.25, 0.3) is 0 Å². The second kappa shape index (κ2) is 6.27. The number of ether oxygens (including phenoxy) is 1. The molecule has 4 heteroatoms. The summed E-state index contributed by atoms with van der Waals surface area (Å²) in [5.41, 5.74) is 2.91. The van der Waals surface area contributed by atoms with E-state index in [-0.39, 0.29) is 5.91 Å². The van der Waals surface area contributed by atoms with Crippen LogP contribution >= 0.6 is 0 Å². The van der Waals surface area contributed by atoms with Crippen LogP contribution in [0.4, 0.5) is 5.69 Å². The van der Waals surface area contributed by atoms with Crippen molar-refractivity contribution in [2.75, 3.05) is 33.1 Å². The summed E-state index contributed by atoms with van der Waals surface area (Å²) in [5.74, 6) is 0.727. The van der Waals surface area contributed by atoms with Gasteiger partial charge < -0.3 is 15.0 Å². The van der Waals surface area contributed by atoms with E-state index in [4.69, 9.17) is 4.74 Å². The second-order valence-corrected chi connectivity index (χ2v) is 5.77. The number of carbonyl (C=O) groups excluding carboxylic acids is 1. The molecule has 0 aromatic heterocycles. The molecule has 1 aromatic carbocycles. The zero-order valence-corrected chi connectivity index (χ0v) is 12.8. The minimum atomic E-state index is 0.0303. The molecule has 20 heavy (non-hydrogen) atoms. The lowest BCUT2D eigenvalue weighted by atomic mass is 10.1. The SMILES string of the molecule is COCC(Nc1cc(C(=O)N(C)C)ccc1C)C1CC1. The molecule has 1 unspecified atom stereocenters. The van der Waals surface area contributed by atoms with Crippen LogP contribution in [0.3, 0.4) is 0 Å². The lowest BCUT2D eigenvalue weighted by molar-refractivity contribution is 0.0827. The average molecular weight is 276 g/mol. The summed E-state index contributed by atoms with van der Waals surface area (Å²) in [6, 6.07) is 6.16. The fourth-order valence-electron chi connectivity index (χ4n) is 2.34. The first-order chi connectivity index (χ1) is 9.52. The molecule has 0 aliphatic heterocycles. The Balaban J connectivity index is 2.17. The van der Waals surface area contributed by atoms with Gasteiger partial charge in [-0.25, -0.2) is 0 Å². The smallest absolute Gasteiger partial charge is 0.253 e. The van der Waals surface area contributed by atoms with E-state index in [0.29, 0.717) is 18.6 Å². The molecular weight excluding hydrogens is 252 g/mol. The monoisotopic (exact) mass is 276 g/mol. The molecular formula is C16H24N2O2. The first-order valence-corrected chi connectivity index (χ1v) is 7.10. The van der Waals surface area contributed by atoms with Crippen molar-refractivity contribution < 1.29 is 9.53 Å². The Kier molecular flexibility index (Phi) is 4.65. The van der Waals surface area contributed by atoms with Gasteiger partial charge in [-0.3, -0.25) is 4.79 Å². The van der Waals surface area contributed by atoms with E-state index in [1.54, 1.807) is 26.1 Å². The number of hydrogen-bond donors (Lipinski definition) is 1. The van der Waals surface area contributed by atoms with Crippen molar-refractivity contribution in [3.05, 3.63) is 29.3 Å². The molecule has 1 atom stereocenters. The van der Waals surface area contributed by atoms with E-state index in [1.165, 1.54) is 12.8 Å². The van der Waals surface area contributed by atoms with E-state index in [1.807, 2.05) is 18.2 Å². The molecule has 1 aromatic rings. The highest BCUT2D eigenvalue weighted by molar-refractivity contribution is 5.95. The Labute approximate surface area is 121 Å². The number of rotatable bonds is 6. The molecule has 1 saturated carbocycles. The molecule has 0 radical (unpaired) electrons. The number of methoxy groups -OCH3 is 1. The predicted octanol–water partition coefficient (Wildman–Crippen LogP) is 2.53. The molecule has 1 N–H and O–H groups in total. The zero-order valence-electron chi connectivity index (χ0n) is 12.8. The van der Waals surface area contributed by atoms with Gasteiger partial charge in [0.05, 0.1) is 12.6 Å². The van der Waals surface area contributed by atoms with Crippen molar-refractivity contribution in [3.8, 4) is 0 Å². The lowest BCUT2D eigenvalue weighted by Gasteiger charge is -2.21. The van der Waals surface area contributed by atoms with E-state index in [2.05, 4.69) is 12.2 Å². The van der Waals surface area contributed by atoms with Gasteiger partial charge in [0.1, 0.15) is 0 Å². The summed E-state index contributed by atoms with van der Waals surface area (Å²) >= 11 is 0. The van der Waals surface area contributed by atoms with Crippen molar-refractivity contribution in [1.82, 2.24) is 4.90 Å². The topological polar surface area (TPSA) is 41.6 Å². The number of anilines is 1. The Hall–Kier alpha value is -1.55. The van der Waals surface area contributed by atoms with Gasteiger partial charge in [0, 0.05) is 32.5 Å². The summed E-state index contributed by atoms with van der Waals surface area (Å²) in [7, 11) is 5.27. The summed E-state index contributed by atoms with van der Waals surface area (Å²) in [6.07, 6.45) is 2.52. The van der Waals surface area contributed by atoms with Gasteiger partial charge in [0.2, 0.25) is 0 Å². The number of nitrogens with one attached hydrogen (secondary N) is 1. The molecule has 0 bridgehead atoms. The minimum Gasteiger partial charge on any atom is -0.383 e. The van der Waals surface area contributed by atoms with Crippen LogP contribution in [-0.4, -0.2) is 44.7 Å². The highest BCUT2D eigenvalue weighted by Crippen LogP contribution is 2.35. The van der Waals surface area contributed by atoms with Crippen molar-refractivity contribution >= 4 is 11.6 Å². The maximum absolute atomic E-state index is 12.0. The highest BCUT2D eigenvalue weighted by atomic mass is 16.5. The van der Waals surface area contributed by atoms with Crippen molar-refractivity contribution in [1.29, 1.82) is 0 Å². The molecule has 0 spiro atoms. The maximum Gasteiger partial charge on any atom is 0.253 e. The molecule has 1 aliphatic carbocycles. The van der Waals surface area contributed by atoms with Crippen LogP contribution in [0.2, 0.25) is 0 Å². The molecule has 4 nitrogen and oxygen atoms in total. The van der Waals surface area contributed by atoms with E-state index < -0.39 is 0 Å². The Morgan fingerprint density at radius 2 is 2.15 bits per heavy atom. The number of carbonyl (C=O) groups is 1. The first-order valence-electron chi connectivity index (χ1n) is 7.10. The number of amides is 1. The predicted molar refractivity (Wildman–Crippen MR) is 81.2 cm³/mol. The van der Waals surface area contributed by atoms with E-state index >= 15 is 0 Å². The van der Waals surface area contributed by atoms with Gasteiger partial charge in [-0.2, -0.15) is 0 Å². The van der Waals surface area contributed by atoms with Crippen LogP contribution in [0, 0.1) is 12.8 Å². The fourth-order valence-corrected chi connectivity index (χ4v) is 2.34. The number of hydrogen-bond acceptors (Lipinski definition) is 3. The number of nitrogens with zero attached hydrogens (tertiary/aromatic N) is 1. The molecule has 110 valence electrons. The van der Waals surface area contributed by atoms with E-state index in [9.17, 15) is 4.79 Å². The molecule has 1 fully saturated rings. The van der Waals surface area contributed by atoms with Crippen LogP contribution in [0.15, 0.2) is 18.2 Å². The third kappa shape index (κ3) is 3.51. The molecule has 0 heterocycles. The van der Waals surface area contributed by atoms with Crippen LogP contribution in [0.1, 0.15) is 28.8 Å². The Morgan fingerprint density at radius 3 is 2.70 bits per heavy atom. The van der Waals surface area contributed by atoms with Gasteiger partial charge in [-0.05, 0) is 43.4 Å². The summed E-state index contributed by atoms with van der Waals surface area (Å²) < 4.78 is 5.30. The normalized spacial score (nSPS) is 15.8. The molecule has 0 saturated heterocycles. The standard InChI is InChI=1S/C16H24N2O2/c1-11-5-6-13(16(19)18(2)3)9-14(11)17-15(10-20-4)12-7-8-12/h5-6,9,12,15,17H,7-8,10H2,1-4H3. The first kappa shape index (κ1) is 14.9. The van der Waals surface area contributed by atoms with Crippen LogP contribution < -0.4 is 5.32 Å². The summed E-state index contributed by atoms with van der Waals surface area (Å²) in [4.78, 5) is 13.6. The lowest BCUT2D eigenvalue weighted by Crippen LogP contribution is -2.28. The Bertz CT molecular complexity index is 481. The van der Waals surface area contributed by atoms with Gasteiger partial charge in [-0.1, -0.05) is 6.07 Å². The molecule has 1 aliphatic rings.